The molecule has 0 aliphatic carbocycles. The molecule has 0 spiro atoms. The van der Waals surface area contributed by atoms with Crippen LogP contribution in [0.4, 0.5) is 10.5 Å². The molecule has 1 aromatic rings. The van der Waals surface area contributed by atoms with Gasteiger partial charge in [0.25, 0.3) is 0 Å². The molecule has 6 heteroatoms. The number of ether oxygens (including phenoxy) is 1. The summed E-state index contributed by atoms with van der Waals surface area (Å²) >= 11 is 11.7. The zero-order valence-electron chi connectivity index (χ0n) is 10.9. The van der Waals surface area contributed by atoms with Crippen LogP contribution >= 0.6 is 23.2 Å². The van der Waals surface area contributed by atoms with Crippen LogP contribution in [0.1, 0.15) is 26.2 Å². The molecule has 4 nitrogen and oxygen atoms in total. The standard InChI is InChI=1S/C14H13Cl2NO3/c1-2-3-4-5-12-13(18)17(14(19)20-12)11-7-9(15)6-10(16)8-11/h5-8H,2-4H2,1H3. The number of amides is 2. The molecule has 1 heterocycles. The molecule has 2 rings (SSSR count). The van der Waals surface area contributed by atoms with E-state index in [0.717, 1.165) is 17.7 Å². The van der Waals surface area contributed by atoms with Gasteiger partial charge in [-0.25, -0.2) is 9.69 Å². The molecular formula is C14H13Cl2NO3. The van der Waals surface area contributed by atoms with Crippen LogP contribution in [0.5, 0.6) is 0 Å². The van der Waals surface area contributed by atoms with Crippen LogP contribution in [0, 0.1) is 0 Å². The maximum Gasteiger partial charge on any atom is 0.427 e. The van der Waals surface area contributed by atoms with Gasteiger partial charge in [0.2, 0.25) is 0 Å². The van der Waals surface area contributed by atoms with Gasteiger partial charge in [-0.3, -0.25) is 4.79 Å². The Kier molecular flexibility index (Phi) is 4.68. The Hall–Kier alpha value is -1.52. The second kappa shape index (κ2) is 6.29. The Morgan fingerprint density at radius 2 is 1.85 bits per heavy atom. The molecule has 0 atom stereocenters. The Balaban J connectivity index is 2.27. The number of benzene rings is 1. The van der Waals surface area contributed by atoms with E-state index in [1.54, 1.807) is 6.08 Å². The normalized spacial score (nSPS) is 16.9. The van der Waals surface area contributed by atoms with Gasteiger partial charge in [0, 0.05) is 10.0 Å². The maximum absolute atomic E-state index is 12.2. The monoisotopic (exact) mass is 313 g/mol. The van der Waals surface area contributed by atoms with Gasteiger partial charge in [-0.05, 0) is 37.1 Å². The summed E-state index contributed by atoms with van der Waals surface area (Å²) in [6.45, 7) is 2.04. The van der Waals surface area contributed by atoms with Crippen molar-refractivity contribution in [3.8, 4) is 0 Å². The lowest BCUT2D eigenvalue weighted by atomic mass is 10.2. The smallest absolute Gasteiger partial charge is 0.404 e. The summed E-state index contributed by atoms with van der Waals surface area (Å²) in [6, 6.07) is 4.50. The fraction of sp³-hybridized carbons (Fsp3) is 0.286. The summed E-state index contributed by atoms with van der Waals surface area (Å²) in [5, 5.41) is 0.688. The predicted octanol–water partition coefficient (Wildman–Crippen LogP) is 4.55. The first-order valence-corrected chi connectivity index (χ1v) is 7.01. The van der Waals surface area contributed by atoms with E-state index in [2.05, 4.69) is 0 Å². The molecule has 1 aliphatic rings. The number of anilines is 1. The van der Waals surface area contributed by atoms with Gasteiger partial charge in [0.05, 0.1) is 5.69 Å². The van der Waals surface area contributed by atoms with Crippen LogP contribution in [0.2, 0.25) is 10.0 Å². The molecule has 1 saturated heterocycles. The predicted molar refractivity (Wildman–Crippen MR) is 78.0 cm³/mol. The number of imide groups is 1. The molecule has 1 aliphatic heterocycles. The van der Waals surface area contributed by atoms with Crippen molar-refractivity contribution in [3.63, 3.8) is 0 Å². The van der Waals surface area contributed by atoms with E-state index in [-0.39, 0.29) is 5.76 Å². The number of nitrogens with zero attached hydrogens (tertiary/aromatic N) is 1. The SMILES string of the molecule is CCCCC=C1OC(=O)N(c2cc(Cl)cc(Cl)c2)C1=O. The quantitative estimate of drug-likeness (QED) is 0.605. The molecule has 106 valence electrons. The molecule has 0 bridgehead atoms. The third kappa shape index (κ3) is 3.14. The summed E-state index contributed by atoms with van der Waals surface area (Å²) in [5.41, 5.74) is 0.302. The highest BCUT2D eigenvalue weighted by Crippen LogP contribution is 2.30. The van der Waals surface area contributed by atoms with Crippen LogP contribution in [-0.4, -0.2) is 12.0 Å². The molecule has 2 amide bonds. The van der Waals surface area contributed by atoms with Crippen molar-refractivity contribution in [2.24, 2.45) is 0 Å². The van der Waals surface area contributed by atoms with E-state index >= 15 is 0 Å². The average molecular weight is 314 g/mol. The van der Waals surface area contributed by atoms with E-state index in [9.17, 15) is 9.59 Å². The summed E-state index contributed by atoms with van der Waals surface area (Å²) in [7, 11) is 0. The molecule has 0 saturated carbocycles. The second-order valence-electron chi connectivity index (χ2n) is 4.35. The van der Waals surface area contributed by atoms with E-state index < -0.39 is 12.0 Å². The molecule has 0 aromatic heterocycles. The van der Waals surface area contributed by atoms with E-state index in [1.807, 2.05) is 6.92 Å². The minimum atomic E-state index is -0.740. The number of hydrogen-bond acceptors (Lipinski definition) is 3. The van der Waals surface area contributed by atoms with Gasteiger partial charge in [-0.2, -0.15) is 0 Å². The van der Waals surface area contributed by atoms with E-state index in [0.29, 0.717) is 22.2 Å². The van der Waals surface area contributed by atoms with Crippen molar-refractivity contribution in [2.75, 3.05) is 4.90 Å². The van der Waals surface area contributed by atoms with Crippen molar-refractivity contribution in [3.05, 3.63) is 40.1 Å². The Morgan fingerprint density at radius 1 is 1.20 bits per heavy atom. The summed E-state index contributed by atoms with van der Waals surface area (Å²) < 4.78 is 4.98. The van der Waals surface area contributed by atoms with Crippen molar-refractivity contribution in [1.82, 2.24) is 0 Å². The number of carbonyl (C=O) groups is 2. The molecular weight excluding hydrogens is 301 g/mol. The van der Waals surface area contributed by atoms with Crippen molar-refractivity contribution >= 4 is 40.9 Å². The molecule has 1 fully saturated rings. The zero-order chi connectivity index (χ0) is 14.7. The Morgan fingerprint density at radius 3 is 2.45 bits per heavy atom. The lowest BCUT2D eigenvalue weighted by Gasteiger charge is -2.10. The summed E-state index contributed by atoms with van der Waals surface area (Å²) in [6.07, 6.45) is 3.51. The van der Waals surface area contributed by atoms with E-state index in [4.69, 9.17) is 27.9 Å². The van der Waals surface area contributed by atoms with Crippen molar-refractivity contribution in [2.45, 2.75) is 26.2 Å². The molecule has 0 radical (unpaired) electrons. The molecule has 0 unspecified atom stereocenters. The van der Waals surface area contributed by atoms with Crippen molar-refractivity contribution in [1.29, 1.82) is 0 Å². The topological polar surface area (TPSA) is 46.6 Å². The fourth-order valence-corrected chi connectivity index (χ4v) is 2.35. The first kappa shape index (κ1) is 14.9. The van der Waals surface area contributed by atoms with Gasteiger partial charge in [-0.15, -0.1) is 0 Å². The van der Waals surface area contributed by atoms with Crippen LogP contribution < -0.4 is 4.90 Å². The summed E-state index contributed by atoms with van der Waals surface area (Å²) in [5.74, 6) is -0.441. The minimum absolute atomic E-state index is 0.0551. The maximum atomic E-state index is 12.2. The minimum Gasteiger partial charge on any atom is -0.404 e. The lowest BCUT2D eigenvalue weighted by Crippen LogP contribution is -2.28. The highest BCUT2D eigenvalue weighted by Gasteiger charge is 2.37. The first-order chi connectivity index (χ1) is 9.52. The number of hydrogen-bond donors (Lipinski definition) is 0. The van der Waals surface area contributed by atoms with Gasteiger partial charge >= 0.3 is 12.0 Å². The number of cyclic esters (lactones) is 1. The summed E-state index contributed by atoms with van der Waals surface area (Å²) in [4.78, 5) is 24.9. The number of carbonyl (C=O) groups excluding carboxylic acids is 2. The number of halogens is 2. The number of unbranched alkanes of at least 4 members (excludes halogenated alkanes) is 2. The van der Waals surface area contributed by atoms with Crippen molar-refractivity contribution < 1.29 is 14.3 Å². The third-order valence-corrected chi connectivity index (χ3v) is 3.22. The zero-order valence-corrected chi connectivity index (χ0v) is 12.4. The highest BCUT2D eigenvalue weighted by atomic mass is 35.5. The molecule has 1 aromatic carbocycles. The Labute approximate surface area is 126 Å². The van der Waals surface area contributed by atoms with E-state index in [1.165, 1.54) is 18.2 Å². The van der Waals surface area contributed by atoms with Crippen LogP contribution in [0.3, 0.4) is 0 Å². The third-order valence-electron chi connectivity index (χ3n) is 2.79. The highest BCUT2D eigenvalue weighted by molar-refractivity contribution is 6.35. The van der Waals surface area contributed by atoms with Crippen LogP contribution in [0.25, 0.3) is 0 Å². The van der Waals surface area contributed by atoms with Gasteiger partial charge < -0.3 is 4.74 Å². The first-order valence-electron chi connectivity index (χ1n) is 6.25. The van der Waals surface area contributed by atoms with Gasteiger partial charge in [0.15, 0.2) is 5.76 Å². The average Bonchev–Trinajstić information content (AvgIpc) is 2.63. The lowest BCUT2D eigenvalue weighted by molar-refractivity contribution is -0.114. The largest absolute Gasteiger partial charge is 0.427 e. The van der Waals surface area contributed by atoms with Crippen LogP contribution in [-0.2, 0) is 9.53 Å². The fourth-order valence-electron chi connectivity index (χ4n) is 1.83. The van der Waals surface area contributed by atoms with Gasteiger partial charge in [-0.1, -0.05) is 36.5 Å². The Bertz CT molecular complexity index is 564. The molecule has 0 N–H and O–H groups in total. The second-order valence-corrected chi connectivity index (χ2v) is 5.22. The number of rotatable bonds is 4. The number of allylic oxidation sites excluding steroid dienone is 1. The van der Waals surface area contributed by atoms with Crippen LogP contribution in [0.15, 0.2) is 30.0 Å². The molecule has 20 heavy (non-hydrogen) atoms. The van der Waals surface area contributed by atoms with Gasteiger partial charge in [0.1, 0.15) is 0 Å².